The van der Waals surface area contributed by atoms with Crippen LogP contribution >= 0.6 is 39.1 Å². The maximum Gasteiger partial charge on any atom is 0.241 e. The van der Waals surface area contributed by atoms with Gasteiger partial charge >= 0.3 is 0 Å². The Morgan fingerprint density at radius 3 is 2.38 bits per heavy atom. The standard InChI is InChI=1S/C14H12BrCl2NO2S/c15-12-8-11(6-7-13(12)17)21(19,20)18-14(9-16)10-4-2-1-3-5-10/h1-8,14,18H,9H2. The molecule has 0 aliphatic rings. The lowest BCUT2D eigenvalue weighted by atomic mass is 10.1. The molecule has 0 saturated carbocycles. The molecule has 1 N–H and O–H groups in total. The van der Waals surface area contributed by atoms with E-state index in [9.17, 15) is 8.42 Å². The first-order chi connectivity index (χ1) is 9.94. The molecule has 2 aromatic rings. The number of halogens is 3. The summed E-state index contributed by atoms with van der Waals surface area (Å²) in [6.07, 6.45) is 0. The average Bonchev–Trinajstić information content (AvgIpc) is 2.48. The lowest BCUT2D eigenvalue weighted by molar-refractivity contribution is 0.568. The Labute approximate surface area is 142 Å². The summed E-state index contributed by atoms with van der Waals surface area (Å²) in [6, 6.07) is 13.1. The molecule has 1 unspecified atom stereocenters. The molecule has 7 heteroatoms. The van der Waals surface area contributed by atoms with Gasteiger partial charge in [-0.2, -0.15) is 0 Å². The van der Waals surface area contributed by atoms with Crippen molar-refractivity contribution in [1.29, 1.82) is 0 Å². The Balaban J connectivity index is 2.29. The van der Waals surface area contributed by atoms with E-state index in [4.69, 9.17) is 23.2 Å². The summed E-state index contributed by atoms with van der Waals surface area (Å²) in [4.78, 5) is 0.129. The quantitative estimate of drug-likeness (QED) is 0.747. The lowest BCUT2D eigenvalue weighted by Gasteiger charge is -2.17. The highest BCUT2D eigenvalue weighted by atomic mass is 79.9. The zero-order valence-electron chi connectivity index (χ0n) is 10.8. The van der Waals surface area contributed by atoms with Gasteiger partial charge in [-0.05, 0) is 39.7 Å². The molecule has 0 bridgehead atoms. The van der Waals surface area contributed by atoms with E-state index in [2.05, 4.69) is 20.7 Å². The number of sulfonamides is 1. The summed E-state index contributed by atoms with van der Waals surface area (Å²) in [5.41, 5.74) is 0.809. The molecule has 0 aliphatic carbocycles. The minimum absolute atomic E-state index is 0.129. The van der Waals surface area contributed by atoms with E-state index in [0.29, 0.717) is 9.50 Å². The van der Waals surface area contributed by atoms with E-state index in [-0.39, 0.29) is 10.8 Å². The first-order valence-electron chi connectivity index (χ1n) is 6.02. The Morgan fingerprint density at radius 2 is 1.81 bits per heavy atom. The predicted molar refractivity (Wildman–Crippen MR) is 89.4 cm³/mol. The van der Waals surface area contributed by atoms with Crippen LogP contribution in [0.2, 0.25) is 5.02 Å². The SMILES string of the molecule is O=S(=O)(NC(CCl)c1ccccc1)c1ccc(Cl)c(Br)c1. The summed E-state index contributed by atoms with van der Waals surface area (Å²) >= 11 is 15.0. The lowest BCUT2D eigenvalue weighted by Crippen LogP contribution is -2.29. The van der Waals surface area contributed by atoms with Crippen molar-refractivity contribution in [3.8, 4) is 0 Å². The molecule has 21 heavy (non-hydrogen) atoms. The third-order valence-electron chi connectivity index (χ3n) is 2.86. The third-order valence-corrected chi connectivity index (χ3v) is 5.85. The van der Waals surface area contributed by atoms with E-state index in [1.165, 1.54) is 18.2 Å². The minimum atomic E-state index is -3.68. The number of hydrogen-bond donors (Lipinski definition) is 1. The molecule has 0 spiro atoms. The fraction of sp³-hybridized carbons (Fsp3) is 0.143. The van der Waals surface area contributed by atoms with Crippen molar-refractivity contribution in [3.63, 3.8) is 0 Å². The number of nitrogens with one attached hydrogen (secondary N) is 1. The monoisotopic (exact) mass is 407 g/mol. The first-order valence-corrected chi connectivity index (χ1v) is 9.21. The molecule has 0 aliphatic heterocycles. The van der Waals surface area contributed by atoms with Gasteiger partial charge in [-0.25, -0.2) is 13.1 Å². The highest BCUT2D eigenvalue weighted by molar-refractivity contribution is 9.10. The van der Waals surface area contributed by atoms with Gasteiger partial charge in [-0.1, -0.05) is 41.9 Å². The van der Waals surface area contributed by atoms with Gasteiger partial charge in [0.05, 0.1) is 16.0 Å². The molecular weight excluding hydrogens is 397 g/mol. The molecule has 0 fully saturated rings. The normalized spacial score (nSPS) is 13.1. The number of rotatable bonds is 5. The minimum Gasteiger partial charge on any atom is -0.207 e. The molecule has 0 aromatic heterocycles. The largest absolute Gasteiger partial charge is 0.241 e. The number of hydrogen-bond acceptors (Lipinski definition) is 2. The van der Waals surface area contributed by atoms with Crippen LogP contribution in [0.5, 0.6) is 0 Å². The molecule has 0 heterocycles. The molecule has 0 saturated heterocycles. The summed E-state index contributed by atoms with van der Waals surface area (Å²) < 4.78 is 27.9. The average molecular weight is 409 g/mol. The van der Waals surface area contributed by atoms with Gasteiger partial charge in [-0.3, -0.25) is 0 Å². The molecule has 0 amide bonds. The van der Waals surface area contributed by atoms with Crippen LogP contribution in [-0.2, 0) is 10.0 Å². The van der Waals surface area contributed by atoms with Crippen molar-refractivity contribution in [1.82, 2.24) is 4.72 Å². The molecule has 3 nitrogen and oxygen atoms in total. The predicted octanol–water partition coefficient (Wildman–Crippen LogP) is 4.36. The molecule has 0 radical (unpaired) electrons. The Kier molecular flexibility index (Phi) is 5.68. The second-order valence-corrected chi connectivity index (χ2v) is 7.60. The van der Waals surface area contributed by atoms with E-state index in [1.807, 2.05) is 30.3 Å². The fourth-order valence-corrected chi connectivity index (χ4v) is 4.02. The summed E-state index contributed by atoms with van der Waals surface area (Å²) in [6.45, 7) is 0. The molecule has 2 aromatic carbocycles. The zero-order valence-corrected chi connectivity index (χ0v) is 14.7. The van der Waals surface area contributed by atoms with Crippen LogP contribution < -0.4 is 4.72 Å². The third kappa shape index (κ3) is 4.20. The van der Waals surface area contributed by atoms with Crippen LogP contribution in [-0.4, -0.2) is 14.3 Å². The second kappa shape index (κ2) is 7.11. The first kappa shape index (κ1) is 16.8. The second-order valence-electron chi connectivity index (χ2n) is 4.31. The van der Waals surface area contributed by atoms with Crippen LogP contribution in [0.15, 0.2) is 57.9 Å². The van der Waals surface area contributed by atoms with Gasteiger partial charge in [0.15, 0.2) is 0 Å². The van der Waals surface area contributed by atoms with Crippen LogP contribution in [0.4, 0.5) is 0 Å². The van der Waals surface area contributed by atoms with Crippen molar-refractivity contribution in [3.05, 3.63) is 63.6 Å². The van der Waals surface area contributed by atoms with Crippen LogP contribution in [0.25, 0.3) is 0 Å². The van der Waals surface area contributed by atoms with Gasteiger partial charge in [0.2, 0.25) is 10.0 Å². The maximum absolute atomic E-state index is 12.4. The van der Waals surface area contributed by atoms with Crippen LogP contribution in [0, 0.1) is 0 Å². The van der Waals surface area contributed by atoms with Crippen LogP contribution in [0.1, 0.15) is 11.6 Å². The summed E-state index contributed by atoms with van der Waals surface area (Å²) in [5.74, 6) is 0.137. The van der Waals surface area contributed by atoms with Crippen molar-refractivity contribution in [2.24, 2.45) is 0 Å². The summed E-state index contributed by atoms with van der Waals surface area (Å²) in [7, 11) is -3.68. The zero-order chi connectivity index (χ0) is 15.5. The topological polar surface area (TPSA) is 46.2 Å². The van der Waals surface area contributed by atoms with E-state index >= 15 is 0 Å². The van der Waals surface area contributed by atoms with Gasteiger partial charge in [0, 0.05) is 10.4 Å². The fourth-order valence-electron chi connectivity index (χ4n) is 1.77. The van der Waals surface area contributed by atoms with Gasteiger partial charge < -0.3 is 0 Å². The number of benzene rings is 2. The van der Waals surface area contributed by atoms with Crippen molar-refractivity contribution in [2.75, 3.05) is 5.88 Å². The maximum atomic E-state index is 12.4. The molecule has 112 valence electrons. The Morgan fingerprint density at radius 1 is 1.14 bits per heavy atom. The van der Waals surface area contributed by atoms with Crippen molar-refractivity contribution >= 4 is 49.2 Å². The van der Waals surface area contributed by atoms with E-state index in [0.717, 1.165) is 5.56 Å². The molecule has 1 atom stereocenters. The van der Waals surface area contributed by atoms with Crippen molar-refractivity contribution in [2.45, 2.75) is 10.9 Å². The van der Waals surface area contributed by atoms with E-state index in [1.54, 1.807) is 0 Å². The highest BCUT2D eigenvalue weighted by Gasteiger charge is 2.21. The van der Waals surface area contributed by atoms with Gasteiger partial charge in [0.25, 0.3) is 0 Å². The van der Waals surface area contributed by atoms with Crippen LogP contribution in [0.3, 0.4) is 0 Å². The Hall–Kier alpha value is -0.590. The number of alkyl halides is 1. The van der Waals surface area contributed by atoms with E-state index < -0.39 is 16.1 Å². The van der Waals surface area contributed by atoms with Crippen molar-refractivity contribution < 1.29 is 8.42 Å². The molecular formula is C14H12BrCl2NO2S. The van der Waals surface area contributed by atoms with Gasteiger partial charge in [-0.15, -0.1) is 11.6 Å². The smallest absolute Gasteiger partial charge is 0.207 e. The highest BCUT2D eigenvalue weighted by Crippen LogP contribution is 2.26. The molecule has 2 rings (SSSR count). The Bertz CT molecular complexity index is 723. The summed E-state index contributed by atoms with van der Waals surface area (Å²) in [5, 5.41) is 0.450. The van der Waals surface area contributed by atoms with Gasteiger partial charge in [0.1, 0.15) is 0 Å².